The number of benzene rings is 1. The summed E-state index contributed by atoms with van der Waals surface area (Å²) in [7, 11) is 2.08. The maximum absolute atomic E-state index is 6.02. The van der Waals surface area contributed by atoms with Crippen LogP contribution in [0.5, 0.6) is 0 Å². The highest BCUT2D eigenvalue weighted by atomic mass is 35.5. The molecule has 0 saturated heterocycles. The third-order valence-electron chi connectivity index (χ3n) is 5.77. The summed E-state index contributed by atoms with van der Waals surface area (Å²) in [5, 5.41) is 3.84. The van der Waals surface area contributed by atoms with E-state index in [1.54, 1.807) is 11.3 Å². The van der Waals surface area contributed by atoms with Crippen molar-refractivity contribution in [3.8, 4) is 0 Å². The van der Waals surface area contributed by atoms with Crippen molar-refractivity contribution in [1.29, 1.82) is 0 Å². The molecule has 1 aliphatic rings. The van der Waals surface area contributed by atoms with Gasteiger partial charge in [-0.3, -0.25) is 4.40 Å². The van der Waals surface area contributed by atoms with Gasteiger partial charge in [0.15, 0.2) is 5.13 Å². The fourth-order valence-corrected chi connectivity index (χ4v) is 5.00. The number of ether oxygens (including phenoxy) is 1. The van der Waals surface area contributed by atoms with Crippen LogP contribution in [-0.2, 0) is 17.6 Å². The number of aryl methyl sites for hydroxylation is 1. The van der Waals surface area contributed by atoms with Gasteiger partial charge < -0.3 is 9.64 Å². The highest BCUT2D eigenvalue weighted by Gasteiger charge is 2.19. The zero-order valence-corrected chi connectivity index (χ0v) is 19.8. The van der Waals surface area contributed by atoms with E-state index in [1.807, 2.05) is 12.1 Å². The van der Waals surface area contributed by atoms with Gasteiger partial charge in [-0.05, 0) is 53.8 Å². The largest absolute Gasteiger partial charge is 0.377 e. The van der Waals surface area contributed by atoms with E-state index in [0.717, 1.165) is 58.9 Å². The molecular formula is C25H25ClN4OS. The lowest BCUT2D eigenvalue weighted by molar-refractivity contribution is 0.161. The van der Waals surface area contributed by atoms with Crippen LogP contribution in [0.1, 0.15) is 35.9 Å². The van der Waals surface area contributed by atoms with Crippen LogP contribution in [0.15, 0.2) is 54.1 Å². The first-order valence-electron chi connectivity index (χ1n) is 10.8. The molecule has 7 heteroatoms. The van der Waals surface area contributed by atoms with Crippen molar-refractivity contribution in [3.05, 3.63) is 81.6 Å². The zero-order valence-electron chi connectivity index (χ0n) is 18.2. The molecule has 164 valence electrons. The summed E-state index contributed by atoms with van der Waals surface area (Å²) in [4.78, 5) is 12.0. The van der Waals surface area contributed by atoms with Crippen molar-refractivity contribution >= 4 is 45.1 Å². The molecule has 0 radical (unpaired) electrons. The van der Waals surface area contributed by atoms with Crippen LogP contribution in [-0.4, -0.2) is 34.6 Å². The lowest BCUT2D eigenvalue weighted by atomic mass is 10.0. The number of aromatic nitrogens is 3. The van der Waals surface area contributed by atoms with Gasteiger partial charge in [-0.1, -0.05) is 36.7 Å². The van der Waals surface area contributed by atoms with Gasteiger partial charge >= 0.3 is 0 Å². The number of pyridine rings is 1. The quantitative estimate of drug-likeness (QED) is 0.342. The standard InChI is InChI=1S/C25H25ClN4OS/c1-3-22-24(30-15-19(6-9-23(30)28-22)18-10-12-31-13-11-18)29(2)25-27-21(16-32-25)14-17-4-7-20(26)8-5-17/h4-10,15-16H,3,11-14H2,1-2H3. The Hall–Kier alpha value is -2.67. The van der Waals surface area contributed by atoms with Crippen LogP contribution in [0.3, 0.4) is 0 Å². The molecule has 0 aliphatic carbocycles. The Morgan fingerprint density at radius 2 is 2.00 bits per heavy atom. The van der Waals surface area contributed by atoms with E-state index < -0.39 is 0 Å². The Bertz CT molecular complexity index is 1280. The molecule has 0 N–H and O–H groups in total. The summed E-state index contributed by atoms with van der Waals surface area (Å²) in [5.74, 6) is 1.07. The second kappa shape index (κ2) is 9.06. The summed E-state index contributed by atoms with van der Waals surface area (Å²) in [6.45, 7) is 3.60. The minimum absolute atomic E-state index is 0.680. The fourth-order valence-electron chi connectivity index (χ4n) is 4.09. The van der Waals surface area contributed by atoms with Crippen LogP contribution in [0, 0.1) is 0 Å². The summed E-state index contributed by atoms with van der Waals surface area (Å²) < 4.78 is 7.68. The van der Waals surface area contributed by atoms with Gasteiger partial charge in [0.2, 0.25) is 0 Å². The van der Waals surface area contributed by atoms with Crippen LogP contribution in [0.25, 0.3) is 11.2 Å². The summed E-state index contributed by atoms with van der Waals surface area (Å²) in [6, 6.07) is 12.2. The number of imidazole rings is 1. The second-order valence-electron chi connectivity index (χ2n) is 7.92. The first kappa shape index (κ1) is 21.2. The van der Waals surface area contributed by atoms with Crippen molar-refractivity contribution in [1.82, 2.24) is 14.4 Å². The molecule has 0 fully saturated rings. The Labute approximate surface area is 197 Å². The number of rotatable bonds is 6. The molecule has 1 aromatic carbocycles. The summed E-state index contributed by atoms with van der Waals surface area (Å²) in [6.07, 6.45) is 6.96. The third-order valence-corrected chi connectivity index (χ3v) is 6.99. The molecule has 1 aliphatic heterocycles. The molecule has 0 atom stereocenters. The van der Waals surface area contributed by atoms with Gasteiger partial charge in [0.05, 0.1) is 24.6 Å². The topological polar surface area (TPSA) is 42.7 Å². The predicted octanol–water partition coefficient (Wildman–Crippen LogP) is 6.17. The van der Waals surface area contributed by atoms with Crippen molar-refractivity contribution in [2.45, 2.75) is 26.2 Å². The number of nitrogens with zero attached hydrogens (tertiary/aromatic N) is 4. The zero-order chi connectivity index (χ0) is 22.1. The molecule has 4 aromatic rings. The summed E-state index contributed by atoms with van der Waals surface area (Å²) in [5.41, 5.74) is 6.83. The average molecular weight is 465 g/mol. The van der Waals surface area contributed by atoms with E-state index in [9.17, 15) is 0 Å². The van der Waals surface area contributed by atoms with Gasteiger partial charge in [0.25, 0.3) is 0 Å². The molecule has 4 heterocycles. The van der Waals surface area contributed by atoms with Crippen LogP contribution >= 0.6 is 22.9 Å². The molecule has 0 amide bonds. The van der Waals surface area contributed by atoms with Crippen molar-refractivity contribution in [2.75, 3.05) is 25.2 Å². The number of hydrogen-bond donors (Lipinski definition) is 0. The normalized spacial score (nSPS) is 14.0. The number of halogens is 1. The first-order valence-corrected chi connectivity index (χ1v) is 12.1. The highest BCUT2D eigenvalue weighted by molar-refractivity contribution is 7.13. The summed E-state index contributed by atoms with van der Waals surface area (Å²) >= 11 is 7.67. The van der Waals surface area contributed by atoms with E-state index >= 15 is 0 Å². The monoisotopic (exact) mass is 464 g/mol. The molecule has 5 nitrogen and oxygen atoms in total. The Morgan fingerprint density at radius 1 is 1.16 bits per heavy atom. The number of anilines is 2. The third kappa shape index (κ3) is 4.18. The van der Waals surface area contributed by atoms with E-state index in [0.29, 0.717) is 6.61 Å². The minimum Gasteiger partial charge on any atom is -0.377 e. The number of thiazole rings is 1. The Kier molecular flexibility index (Phi) is 6.00. The van der Waals surface area contributed by atoms with E-state index in [1.165, 1.54) is 16.7 Å². The lowest BCUT2D eigenvalue weighted by Crippen LogP contribution is -2.14. The van der Waals surface area contributed by atoms with Crippen LogP contribution < -0.4 is 4.90 Å². The van der Waals surface area contributed by atoms with Gasteiger partial charge in [0.1, 0.15) is 11.5 Å². The molecule has 32 heavy (non-hydrogen) atoms. The Morgan fingerprint density at radius 3 is 2.75 bits per heavy atom. The first-order chi connectivity index (χ1) is 15.6. The van der Waals surface area contributed by atoms with Gasteiger partial charge in [-0.15, -0.1) is 11.3 Å². The average Bonchev–Trinajstić information content (AvgIpc) is 3.44. The van der Waals surface area contributed by atoms with E-state index in [-0.39, 0.29) is 0 Å². The molecule has 0 spiro atoms. The SMILES string of the molecule is CCc1nc2ccc(C3=CCOCC3)cn2c1N(C)c1nc(Cc2ccc(Cl)cc2)cs1. The fraction of sp³-hybridized carbons (Fsp3) is 0.280. The Balaban J connectivity index is 1.48. The van der Waals surface area contributed by atoms with Crippen molar-refractivity contribution in [3.63, 3.8) is 0 Å². The maximum Gasteiger partial charge on any atom is 0.190 e. The van der Waals surface area contributed by atoms with Gasteiger partial charge in [0, 0.05) is 30.1 Å². The molecule has 0 bridgehead atoms. The second-order valence-corrected chi connectivity index (χ2v) is 9.19. The molecule has 5 rings (SSSR count). The van der Waals surface area contributed by atoms with Crippen molar-refractivity contribution in [2.24, 2.45) is 0 Å². The van der Waals surface area contributed by atoms with Crippen molar-refractivity contribution < 1.29 is 4.74 Å². The predicted molar refractivity (Wildman–Crippen MR) is 132 cm³/mol. The molecule has 3 aromatic heterocycles. The van der Waals surface area contributed by atoms with E-state index in [4.69, 9.17) is 26.3 Å². The smallest absolute Gasteiger partial charge is 0.190 e. The minimum atomic E-state index is 0.680. The molecule has 0 unspecified atom stereocenters. The lowest BCUT2D eigenvalue weighted by Gasteiger charge is -2.18. The highest BCUT2D eigenvalue weighted by Crippen LogP contribution is 2.33. The number of fused-ring (bicyclic) bond motifs is 1. The van der Waals surface area contributed by atoms with Crippen LogP contribution in [0.2, 0.25) is 5.02 Å². The molecule has 0 saturated carbocycles. The van der Waals surface area contributed by atoms with Gasteiger partial charge in [-0.2, -0.15) is 0 Å². The molecular weight excluding hydrogens is 440 g/mol. The number of hydrogen-bond acceptors (Lipinski definition) is 5. The van der Waals surface area contributed by atoms with Crippen LogP contribution in [0.4, 0.5) is 10.9 Å². The van der Waals surface area contributed by atoms with Gasteiger partial charge in [-0.25, -0.2) is 9.97 Å². The van der Waals surface area contributed by atoms with E-state index in [2.05, 4.69) is 65.2 Å². The maximum atomic E-state index is 6.02.